The van der Waals surface area contributed by atoms with Gasteiger partial charge in [0, 0.05) is 18.2 Å². The summed E-state index contributed by atoms with van der Waals surface area (Å²) in [6, 6.07) is 0. The summed E-state index contributed by atoms with van der Waals surface area (Å²) in [5, 5.41) is 0.608. The zero-order valence-corrected chi connectivity index (χ0v) is 6.58. The number of alkyl halides is 1. The summed E-state index contributed by atoms with van der Waals surface area (Å²) in [6.07, 6.45) is 0.368. The van der Waals surface area contributed by atoms with Crippen molar-refractivity contribution in [3.8, 4) is 0 Å². The molecule has 7 heavy (non-hydrogen) atoms. The Hall–Kier alpha value is 0.670. The van der Waals surface area contributed by atoms with Crippen LogP contribution in [-0.4, -0.2) is 23.1 Å². The van der Waals surface area contributed by atoms with Crippen LogP contribution in [0.25, 0.3) is 0 Å². The molecule has 0 saturated heterocycles. The van der Waals surface area contributed by atoms with Gasteiger partial charge in [-0.05, 0) is 0 Å². The third kappa shape index (κ3) is 6.67. The second-order valence-electron chi connectivity index (χ2n) is 1.46. The van der Waals surface area contributed by atoms with Crippen LogP contribution in [-0.2, 0) is 4.57 Å². The average molecular weight is 187 g/mol. The highest BCUT2D eigenvalue weighted by atomic mass is 79.9. The lowest BCUT2D eigenvalue weighted by atomic mass is 11.0. The van der Waals surface area contributed by atoms with Crippen LogP contribution in [0.15, 0.2) is 0 Å². The first-order valence-electron chi connectivity index (χ1n) is 1.91. The van der Waals surface area contributed by atoms with Gasteiger partial charge in [-0.3, -0.25) is 4.57 Å². The standard InChI is InChI=1S/C3H8BrO2P/c1-7(5,6)3-2-4/h2-3H2,1H3,(H,5,6). The molecule has 0 spiro atoms. The van der Waals surface area contributed by atoms with Crippen LogP contribution >= 0.6 is 23.3 Å². The van der Waals surface area contributed by atoms with Crippen LogP contribution in [0.5, 0.6) is 0 Å². The van der Waals surface area contributed by atoms with Crippen LogP contribution in [0.2, 0.25) is 0 Å². The summed E-state index contributed by atoms with van der Waals surface area (Å²) in [6.45, 7) is 1.36. The number of rotatable bonds is 2. The Morgan fingerprint density at radius 2 is 2.29 bits per heavy atom. The van der Waals surface area contributed by atoms with Crippen molar-refractivity contribution < 1.29 is 9.46 Å². The molecule has 0 aromatic carbocycles. The molecule has 0 aliphatic carbocycles. The third-order valence-corrected chi connectivity index (χ3v) is 2.56. The van der Waals surface area contributed by atoms with E-state index in [9.17, 15) is 4.57 Å². The van der Waals surface area contributed by atoms with Gasteiger partial charge in [-0.2, -0.15) is 0 Å². The molecule has 0 radical (unpaired) electrons. The molecule has 44 valence electrons. The predicted molar refractivity (Wildman–Crippen MR) is 34.4 cm³/mol. The van der Waals surface area contributed by atoms with Crippen molar-refractivity contribution >= 4 is 23.3 Å². The maximum Gasteiger partial charge on any atom is 0.198 e. The van der Waals surface area contributed by atoms with E-state index < -0.39 is 7.37 Å². The molecule has 0 aliphatic rings. The summed E-state index contributed by atoms with van der Waals surface area (Å²) in [5.41, 5.74) is 0. The zero-order valence-electron chi connectivity index (χ0n) is 4.09. The molecule has 0 rings (SSSR count). The molecule has 0 amide bonds. The summed E-state index contributed by atoms with van der Waals surface area (Å²) >= 11 is 3.05. The van der Waals surface area contributed by atoms with E-state index in [1.807, 2.05) is 0 Å². The van der Waals surface area contributed by atoms with Gasteiger partial charge >= 0.3 is 0 Å². The molecule has 1 atom stereocenters. The Labute approximate surface area is 51.5 Å². The van der Waals surface area contributed by atoms with Crippen LogP contribution in [0.1, 0.15) is 0 Å². The highest BCUT2D eigenvalue weighted by Gasteiger charge is 2.05. The molecule has 4 heteroatoms. The van der Waals surface area contributed by atoms with Crippen LogP contribution in [0, 0.1) is 0 Å². The first-order valence-corrected chi connectivity index (χ1v) is 5.33. The molecule has 0 aliphatic heterocycles. The molecule has 0 heterocycles. The van der Waals surface area contributed by atoms with E-state index >= 15 is 0 Å². The molecular formula is C3H8BrO2P. The number of halogens is 1. The average Bonchev–Trinajstić information content (AvgIpc) is 1.30. The Morgan fingerprint density at radius 3 is 2.29 bits per heavy atom. The van der Waals surface area contributed by atoms with E-state index in [0.717, 1.165) is 0 Å². The minimum atomic E-state index is -2.71. The Balaban J connectivity index is 3.36. The lowest BCUT2D eigenvalue weighted by Gasteiger charge is -1.97. The molecule has 0 saturated carbocycles. The fourth-order valence-electron chi connectivity index (χ4n) is 0.157. The SMILES string of the molecule is CP(=O)(O)CCBr. The molecule has 0 fully saturated rings. The molecule has 2 nitrogen and oxygen atoms in total. The van der Waals surface area contributed by atoms with Crippen molar-refractivity contribution in [3.05, 3.63) is 0 Å². The van der Waals surface area contributed by atoms with Crippen molar-refractivity contribution in [1.82, 2.24) is 0 Å². The van der Waals surface area contributed by atoms with E-state index in [0.29, 0.717) is 11.5 Å². The Morgan fingerprint density at radius 1 is 1.86 bits per heavy atom. The lowest BCUT2D eigenvalue weighted by molar-refractivity contribution is 0.487. The fraction of sp³-hybridized carbons (Fsp3) is 1.00. The van der Waals surface area contributed by atoms with Crippen molar-refractivity contribution in [2.45, 2.75) is 0 Å². The lowest BCUT2D eigenvalue weighted by Crippen LogP contribution is -1.85. The fourth-order valence-corrected chi connectivity index (χ4v) is 2.44. The van der Waals surface area contributed by atoms with E-state index in [2.05, 4.69) is 15.9 Å². The summed E-state index contributed by atoms with van der Waals surface area (Å²) in [4.78, 5) is 8.54. The molecule has 1 unspecified atom stereocenters. The minimum Gasteiger partial charge on any atom is -0.344 e. The van der Waals surface area contributed by atoms with Gasteiger partial charge in [0.2, 0.25) is 0 Å². The molecule has 0 aromatic rings. The smallest absolute Gasteiger partial charge is 0.198 e. The molecular weight excluding hydrogens is 179 g/mol. The van der Waals surface area contributed by atoms with E-state index in [1.165, 1.54) is 6.66 Å². The van der Waals surface area contributed by atoms with Gasteiger partial charge in [0.25, 0.3) is 0 Å². The highest BCUT2D eigenvalue weighted by molar-refractivity contribution is 9.09. The molecule has 0 aromatic heterocycles. The predicted octanol–water partition coefficient (Wildman–Crippen LogP) is 1.28. The Bertz CT molecular complexity index is 86.9. The van der Waals surface area contributed by atoms with Crippen LogP contribution < -0.4 is 0 Å². The van der Waals surface area contributed by atoms with Gasteiger partial charge in [-0.25, -0.2) is 0 Å². The van der Waals surface area contributed by atoms with Crippen molar-refractivity contribution in [1.29, 1.82) is 0 Å². The molecule has 0 bridgehead atoms. The van der Waals surface area contributed by atoms with Crippen molar-refractivity contribution in [2.24, 2.45) is 0 Å². The first-order chi connectivity index (χ1) is 3.06. The first kappa shape index (κ1) is 7.67. The van der Waals surface area contributed by atoms with Crippen molar-refractivity contribution in [3.63, 3.8) is 0 Å². The van der Waals surface area contributed by atoms with E-state index in [1.54, 1.807) is 0 Å². The quantitative estimate of drug-likeness (QED) is 0.522. The van der Waals surface area contributed by atoms with Gasteiger partial charge in [0.15, 0.2) is 7.37 Å². The van der Waals surface area contributed by atoms with Gasteiger partial charge in [0.1, 0.15) is 0 Å². The van der Waals surface area contributed by atoms with Gasteiger partial charge in [-0.15, -0.1) is 0 Å². The molecule has 1 N–H and O–H groups in total. The van der Waals surface area contributed by atoms with E-state index in [-0.39, 0.29) is 0 Å². The Kier molecular flexibility index (Phi) is 3.13. The number of hydrogen-bond donors (Lipinski definition) is 1. The summed E-state index contributed by atoms with van der Waals surface area (Å²) in [7, 11) is -2.71. The largest absolute Gasteiger partial charge is 0.344 e. The summed E-state index contributed by atoms with van der Waals surface area (Å²) in [5.74, 6) is 0. The van der Waals surface area contributed by atoms with Gasteiger partial charge in [-0.1, -0.05) is 15.9 Å². The maximum absolute atomic E-state index is 10.3. The van der Waals surface area contributed by atoms with E-state index in [4.69, 9.17) is 4.89 Å². The van der Waals surface area contributed by atoms with Crippen LogP contribution in [0.3, 0.4) is 0 Å². The highest BCUT2D eigenvalue weighted by Crippen LogP contribution is 2.34. The van der Waals surface area contributed by atoms with Crippen LogP contribution in [0.4, 0.5) is 0 Å². The maximum atomic E-state index is 10.3. The zero-order chi connectivity index (χ0) is 5.91. The van der Waals surface area contributed by atoms with Crippen molar-refractivity contribution in [2.75, 3.05) is 18.2 Å². The number of hydrogen-bond acceptors (Lipinski definition) is 1. The third-order valence-electron chi connectivity index (χ3n) is 0.499. The topological polar surface area (TPSA) is 37.3 Å². The minimum absolute atomic E-state index is 0.368. The second kappa shape index (κ2) is 2.85. The second-order valence-corrected chi connectivity index (χ2v) is 4.81. The van der Waals surface area contributed by atoms with Gasteiger partial charge in [0.05, 0.1) is 0 Å². The van der Waals surface area contributed by atoms with Gasteiger partial charge < -0.3 is 4.89 Å². The normalized spacial score (nSPS) is 18.7. The summed E-state index contributed by atoms with van der Waals surface area (Å²) < 4.78 is 10.3. The monoisotopic (exact) mass is 186 g/mol.